The van der Waals surface area contributed by atoms with Gasteiger partial charge in [-0.1, -0.05) is 60.1 Å². The quantitative estimate of drug-likeness (QED) is 0.725. The summed E-state index contributed by atoms with van der Waals surface area (Å²) in [7, 11) is 0. The predicted molar refractivity (Wildman–Crippen MR) is 94.1 cm³/mol. The SMILES string of the molecule is CC(C)c1ccc(NC2CC(c3ccccc3Br)C2)cc1. The Kier molecular flexibility index (Phi) is 4.34. The van der Waals surface area contributed by atoms with E-state index in [1.807, 2.05) is 0 Å². The van der Waals surface area contributed by atoms with E-state index in [0.29, 0.717) is 17.9 Å². The van der Waals surface area contributed by atoms with Crippen LogP contribution in [0.15, 0.2) is 53.0 Å². The summed E-state index contributed by atoms with van der Waals surface area (Å²) in [6.45, 7) is 4.47. The van der Waals surface area contributed by atoms with Crippen LogP contribution in [0.2, 0.25) is 0 Å². The van der Waals surface area contributed by atoms with E-state index in [1.54, 1.807) is 0 Å². The minimum absolute atomic E-state index is 0.600. The maximum atomic E-state index is 3.66. The van der Waals surface area contributed by atoms with E-state index in [4.69, 9.17) is 0 Å². The third-order valence-corrected chi connectivity index (χ3v) is 5.15. The van der Waals surface area contributed by atoms with E-state index in [9.17, 15) is 0 Å². The van der Waals surface area contributed by atoms with Gasteiger partial charge in [0.2, 0.25) is 0 Å². The van der Waals surface area contributed by atoms with Crippen molar-refractivity contribution in [3.8, 4) is 0 Å². The number of anilines is 1. The molecule has 1 fully saturated rings. The predicted octanol–water partition coefficient (Wildman–Crippen LogP) is 5.93. The van der Waals surface area contributed by atoms with Gasteiger partial charge in [0.25, 0.3) is 0 Å². The molecule has 1 saturated carbocycles. The molecule has 21 heavy (non-hydrogen) atoms. The largest absolute Gasteiger partial charge is 0.382 e. The van der Waals surface area contributed by atoms with Crippen LogP contribution in [-0.2, 0) is 0 Å². The second-order valence-electron chi connectivity index (χ2n) is 6.31. The van der Waals surface area contributed by atoms with Gasteiger partial charge in [-0.25, -0.2) is 0 Å². The molecule has 0 aliphatic heterocycles. The van der Waals surface area contributed by atoms with Crippen LogP contribution in [0, 0.1) is 0 Å². The number of hydrogen-bond acceptors (Lipinski definition) is 1. The molecule has 0 spiro atoms. The lowest BCUT2D eigenvalue weighted by Crippen LogP contribution is -2.34. The fourth-order valence-electron chi connectivity index (χ4n) is 3.00. The Balaban J connectivity index is 1.56. The van der Waals surface area contributed by atoms with E-state index in [2.05, 4.69) is 83.6 Å². The van der Waals surface area contributed by atoms with E-state index in [-0.39, 0.29) is 0 Å². The first-order valence-corrected chi connectivity index (χ1v) is 8.53. The van der Waals surface area contributed by atoms with Crippen molar-refractivity contribution in [3.63, 3.8) is 0 Å². The first-order valence-electron chi connectivity index (χ1n) is 7.74. The van der Waals surface area contributed by atoms with E-state index >= 15 is 0 Å². The highest BCUT2D eigenvalue weighted by Crippen LogP contribution is 2.41. The van der Waals surface area contributed by atoms with Crippen molar-refractivity contribution in [2.24, 2.45) is 0 Å². The minimum atomic E-state index is 0.600. The molecule has 0 heterocycles. The van der Waals surface area contributed by atoms with Crippen LogP contribution >= 0.6 is 15.9 Å². The molecule has 0 bridgehead atoms. The zero-order chi connectivity index (χ0) is 14.8. The Morgan fingerprint density at radius 2 is 1.67 bits per heavy atom. The first-order chi connectivity index (χ1) is 10.1. The van der Waals surface area contributed by atoms with Gasteiger partial charge in [0.15, 0.2) is 0 Å². The van der Waals surface area contributed by atoms with Crippen molar-refractivity contribution < 1.29 is 0 Å². The fourth-order valence-corrected chi connectivity index (χ4v) is 3.60. The fraction of sp³-hybridized carbons (Fsp3) is 0.368. The molecular weight excluding hydrogens is 322 g/mol. The van der Waals surface area contributed by atoms with Crippen molar-refractivity contribution in [2.45, 2.75) is 44.6 Å². The summed E-state index contributed by atoms with van der Waals surface area (Å²) >= 11 is 3.66. The number of benzene rings is 2. The summed E-state index contributed by atoms with van der Waals surface area (Å²) in [6.07, 6.45) is 2.43. The lowest BCUT2D eigenvalue weighted by molar-refractivity contribution is 0.373. The van der Waals surface area contributed by atoms with Crippen molar-refractivity contribution in [2.75, 3.05) is 5.32 Å². The number of rotatable bonds is 4. The van der Waals surface area contributed by atoms with Crippen LogP contribution in [0.3, 0.4) is 0 Å². The smallest absolute Gasteiger partial charge is 0.0342 e. The van der Waals surface area contributed by atoms with Gasteiger partial charge >= 0.3 is 0 Å². The Hall–Kier alpha value is -1.28. The number of hydrogen-bond donors (Lipinski definition) is 1. The van der Waals surface area contributed by atoms with Crippen LogP contribution < -0.4 is 5.32 Å². The molecule has 110 valence electrons. The van der Waals surface area contributed by atoms with Gasteiger partial charge in [-0.2, -0.15) is 0 Å². The highest BCUT2D eigenvalue weighted by molar-refractivity contribution is 9.10. The van der Waals surface area contributed by atoms with E-state index in [1.165, 1.54) is 34.1 Å². The van der Waals surface area contributed by atoms with E-state index in [0.717, 1.165) is 0 Å². The summed E-state index contributed by atoms with van der Waals surface area (Å²) in [5.74, 6) is 1.29. The summed E-state index contributed by atoms with van der Waals surface area (Å²) < 4.78 is 1.25. The third-order valence-electron chi connectivity index (χ3n) is 4.43. The van der Waals surface area contributed by atoms with Gasteiger partial charge in [0.1, 0.15) is 0 Å². The lowest BCUT2D eigenvalue weighted by Gasteiger charge is -2.37. The summed E-state index contributed by atoms with van der Waals surface area (Å²) in [4.78, 5) is 0. The van der Waals surface area contributed by atoms with Crippen molar-refractivity contribution in [1.29, 1.82) is 0 Å². The molecule has 0 radical (unpaired) electrons. The van der Waals surface area contributed by atoms with Crippen molar-refractivity contribution in [1.82, 2.24) is 0 Å². The molecule has 2 aromatic rings. The monoisotopic (exact) mass is 343 g/mol. The van der Waals surface area contributed by atoms with Gasteiger partial charge in [0.05, 0.1) is 0 Å². The maximum absolute atomic E-state index is 3.66. The normalized spacial score (nSPS) is 21.1. The minimum Gasteiger partial charge on any atom is -0.382 e. The highest BCUT2D eigenvalue weighted by Gasteiger charge is 2.31. The molecular formula is C19H22BrN. The molecule has 0 atom stereocenters. The summed E-state index contributed by atoms with van der Waals surface area (Å²) in [5, 5.41) is 3.65. The summed E-state index contributed by atoms with van der Waals surface area (Å²) in [5.41, 5.74) is 4.10. The van der Waals surface area contributed by atoms with Crippen LogP contribution in [0.5, 0.6) is 0 Å². The second kappa shape index (κ2) is 6.23. The van der Waals surface area contributed by atoms with Crippen LogP contribution in [0.4, 0.5) is 5.69 Å². The molecule has 1 aliphatic carbocycles. The molecule has 1 aliphatic rings. The Labute approximate surface area is 135 Å². The lowest BCUT2D eigenvalue weighted by atomic mass is 9.76. The zero-order valence-corrected chi connectivity index (χ0v) is 14.2. The standard InChI is InChI=1S/C19H22BrN/c1-13(2)14-7-9-16(10-8-14)21-17-11-15(12-17)18-5-3-4-6-19(18)20/h3-10,13,15,17,21H,11-12H2,1-2H3. The molecule has 0 amide bonds. The van der Waals surface area contributed by atoms with E-state index < -0.39 is 0 Å². The molecule has 1 N–H and O–H groups in total. The molecule has 0 saturated heterocycles. The maximum Gasteiger partial charge on any atom is 0.0342 e. The van der Waals surface area contributed by atoms with Gasteiger partial charge in [0, 0.05) is 16.2 Å². The van der Waals surface area contributed by atoms with Crippen LogP contribution in [0.25, 0.3) is 0 Å². The summed E-state index contributed by atoms with van der Waals surface area (Å²) in [6, 6.07) is 18.1. The topological polar surface area (TPSA) is 12.0 Å². The molecule has 0 unspecified atom stereocenters. The number of nitrogens with one attached hydrogen (secondary N) is 1. The molecule has 2 heteroatoms. The van der Waals surface area contributed by atoms with Gasteiger partial charge in [-0.05, 0) is 54.0 Å². The molecule has 1 nitrogen and oxygen atoms in total. The molecule has 0 aromatic heterocycles. The molecule has 3 rings (SSSR count). The average molecular weight is 344 g/mol. The second-order valence-corrected chi connectivity index (χ2v) is 7.16. The van der Waals surface area contributed by atoms with Gasteiger partial charge < -0.3 is 5.32 Å². The Bertz CT molecular complexity index is 597. The highest BCUT2D eigenvalue weighted by atomic mass is 79.9. The zero-order valence-electron chi connectivity index (χ0n) is 12.6. The number of halogens is 1. The van der Waals surface area contributed by atoms with Gasteiger partial charge in [-0.15, -0.1) is 0 Å². The third kappa shape index (κ3) is 3.32. The van der Waals surface area contributed by atoms with Crippen molar-refractivity contribution in [3.05, 3.63) is 64.1 Å². The van der Waals surface area contributed by atoms with Crippen LogP contribution in [0.1, 0.15) is 49.7 Å². The van der Waals surface area contributed by atoms with Crippen LogP contribution in [-0.4, -0.2) is 6.04 Å². The van der Waals surface area contributed by atoms with Gasteiger partial charge in [-0.3, -0.25) is 0 Å². The Morgan fingerprint density at radius 1 is 1.00 bits per heavy atom. The Morgan fingerprint density at radius 3 is 2.29 bits per heavy atom. The first kappa shape index (κ1) is 14.6. The average Bonchev–Trinajstić information content (AvgIpc) is 2.44. The van der Waals surface area contributed by atoms with Crippen molar-refractivity contribution >= 4 is 21.6 Å². The molecule has 2 aromatic carbocycles.